The Balaban J connectivity index is 1.73. The normalized spacial score (nSPS) is 12.9. The van der Waals surface area contributed by atoms with Gasteiger partial charge in [0.1, 0.15) is 30.2 Å². The van der Waals surface area contributed by atoms with Crippen LogP contribution in [-0.4, -0.2) is 31.1 Å². The predicted molar refractivity (Wildman–Crippen MR) is 136 cm³/mol. The van der Waals surface area contributed by atoms with E-state index in [1.54, 1.807) is 0 Å². The molecule has 2 aromatic carbocycles. The number of rotatable bonds is 11. The molecule has 3 aromatic rings. The zero-order chi connectivity index (χ0) is 25.4. The molecule has 0 aliphatic carbocycles. The van der Waals surface area contributed by atoms with Gasteiger partial charge in [-0.15, -0.1) is 0 Å². The van der Waals surface area contributed by atoms with Crippen LogP contribution in [0.1, 0.15) is 42.7 Å². The van der Waals surface area contributed by atoms with E-state index in [2.05, 4.69) is 23.5 Å². The maximum absolute atomic E-state index is 12.9. The van der Waals surface area contributed by atoms with Crippen molar-refractivity contribution in [3.8, 4) is 11.3 Å². The monoisotopic (exact) mass is 477 g/mol. The summed E-state index contributed by atoms with van der Waals surface area (Å²) in [6.45, 7) is 8.31. The highest BCUT2D eigenvalue weighted by atomic mass is 16.5. The Hall–Kier alpha value is -3.38. The number of esters is 2. The summed E-state index contributed by atoms with van der Waals surface area (Å²) in [7, 11) is 1.34. The maximum Gasteiger partial charge on any atom is 0.323 e. The summed E-state index contributed by atoms with van der Waals surface area (Å²) in [4.78, 5) is 25.6. The van der Waals surface area contributed by atoms with Gasteiger partial charge in [-0.2, -0.15) is 0 Å². The van der Waals surface area contributed by atoms with Gasteiger partial charge in [-0.3, -0.25) is 14.9 Å². The highest BCUT2D eigenvalue weighted by Crippen LogP contribution is 2.25. The highest BCUT2D eigenvalue weighted by Gasteiger charge is 2.30. The number of benzene rings is 2. The van der Waals surface area contributed by atoms with Gasteiger partial charge in [0.15, 0.2) is 0 Å². The first-order valence-corrected chi connectivity index (χ1v) is 12.0. The lowest BCUT2D eigenvalue weighted by molar-refractivity contribution is -0.149. The molecule has 0 amide bonds. The summed E-state index contributed by atoms with van der Waals surface area (Å²) in [6.07, 6.45) is 0.769. The van der Waals surface area contributed by atoms with E-state index >= 15 is 0 Å². The van der Waals surface area contributed by atoms with E-state index in [0.29, 0.717) is 12.2 Å². The number of aryl methyl sites for hydroxylation is 2. The third kappa shape index (κ3) is 7.82. The Morgan fingerprint density at radius 2 is 1.60 bits per heavy atom. The number of nitrogens with one attached hydrogen (secondary N) is 1. The van der Waals surface area contributed by atoms with Crippen LogP contribution in [0, 0.1) is 19.8 Å². The minimum absolute atomic E-state index is 0.177. The van der Waals surface area contributed by atoms with Crippen molar-refractivity contribution in [2.45, 2.75) is 59.2 Å². The molecule has 2 unspecified atom stereocenters. The van der Waals surface area contributed by atoms with Crippen molar-refractivity contribution >= 4 is 11.9 Å². The Bertz CT molecular complexity index is 1100. The van der Waals surface area contributed by atoms with E-state index in [-0.39, 0.29) is 18.9 Å². The van der Waals surface area contributed by atoms with Crippen molar-refractivity contribution in [1.82, 2.24) is 5.32 Å². The molecule has 186 valence electrons. The van der Waals surface area contributed by atoms with Crippen molar-refractivity contribution in [2.24, 2.45) is 5.92 Å². The average molecular weight is 478 g/mol. The van der Waals surface area contributed by atoms with Crippen molar-refractivity contribution in [3.05, 3.63) is 83.1 Å². The van der Waals surface area contributed by atoms with Gasteiger partial charge in [0.2, 0.25) is 0 Å². The molecule has 2 atom stereocenters. The van der Waals surface area contributed by atoms with Crippen LogP contribution in [0.5, 0.6) is 0 Å². The lowest BCUT2D eigenvalue weighted by Crippen LogP contribution is -2.49. The van der Waals surface area contributed by atoms with Gasteiger partial charge in [0.05, 0.1) is 7.11 Å². The molecule has 1 aromatic heterocycles. The van der Waals surface area contributed by atoms with E-state index in [9.17, 15) is 9.59 Å². The number of hydrogen-bond acceptors (Lipinski definition) is 6. The van der Waals surface area contributed by atoms with Crippen LogP contribution in [-0.2, 0) is 32.1 Å². The fourth-order valence-corrected chi connectivity index (χ4v) is 4.09. The SMILES string of the molecule is COC(=O)C(Cc1ccc(-c2cc(C)cc(C)c2)o1)NC(CC(C)C)C(=O)OCc1ccccc1. The molecule has 0 spiro atoms. The Labute approximate surface area is 207 Å². The van der Waals surface area contributed by atoms with Gasteiger partial charge < -0.3 is 13.9 Å². The lowest BCUT2D eigenvalue weighted by atomic mass is 10.0. The van der Waals surface area contributed by atoms with Crippen molar-refractivity contribution < 1.29 is 23.5 Å². The number of ether oxygens (including phenoxy) is 2. The van der Waals surface area contributed by atoms with Crippen LogP contribution in [0.25, 0.3) is 11.3 Å². The van der Waals surface area contributed by atoms with Gasteiger partial charge in [0, 0.05) is 12.0 Å². The van der Waals surface area contributed by atoms with Crippen molar-refractivity contribution in [2.75, 3.05) is 7.11 Å². The topological polar surface area (TPSA) is 77.8 Å². The van der Waals surface area contributed by atoms with Crippen LogP contribution in [0.2, 0.25) is 0 Å². The average Bonchev–Trinajstić information content (AvgIpc) is 3.29. The van der Waals surface area contributed by atoms with Gasteiger partial charge in [-0.25, -0.2) is 0 Å². The molecular formula is C29H35NO5. The quantitative estimate of drug-likeness (QED) is 0.373. The summed E-state index contributed by atoms with van der Waals surface area (Å²) in [5.41, 5.74) is 4.19. The molecule has 6 nitrogen and oxygen atoms in total. The van der Waals surface area contributed by atoms with Crippen LogP contribution in [0.4, 0.5) is 0 Å². The van der Waals surface area contributed by atoms with Crippen LogP contribution in [0.3, 0.4) is 0 Å². The van der Waals surface area contributed by atoms with Gasteiger partial charge in [-0.05, 0) is 56.0 Å². The summed E-state index contributed by atoms with van der Waals surface area (Å²) >= 11 is 0. The van der Waals surface area contributed by atoms with Crippen LogP contribution < -0.4 is 5.32 Å². The van der Waals surface area contributed by atoms with E-state index in [1.165, 1.54) is 7.11 Å². The van der Waals surface area contributed by atoms with Gasteiger partial charge >= 0.3 is 11.9 Å². The standard InChI is InChI=1S/C29H35NO5/c1-19(2)13-25(29(32)34-18-22-9-7-6-8-10-22)30-26(28(31)33-5)17-24-11-12-27(35-24)23-15-20(3)14-21(4)16-23/h6-12,14-16,19,25-26,30H,13,17-18H2,1-5H3. The van der Waals surface area contributed by atoms with E-state index < -0.39 is 24.0 Å². The molecule has 0 saturated carbocycles. The molecule has 1 N–H and O–H groups in total. The Morgan fingerprint density at radius 1 is 0.914 bits per heavy atom. The summed E-state index contributed by atoms with van der Waals surface area (Å²) < 4.78 is 16.7. The molecule has 0 aliphatic heterocycles. The highest BCUT2D eigenvalue weighted by molar-refractivity contribution is 5.80. The van der Waals surface area contributed by atoms with Crippen molar-refractivity contribution in [1.29, 1.82) is 0 Å². The molecule has 0 aliphatic rings. The first-order chi connectivity index (χ1) is 16.7. The first-order valence-electron chi connectivity index (χ1n) is 12.0. The fourth-order valence-electron chi connectivity index (χ4n) is 4.09. The number of carbonyl (C=O) groups is 2. The Kier molecular flexibility index (Phi) is 9.26. The largest absolute Gasteiger partial charge is 0.468 e. The third-order valence-electron chi connectivity index (χ3n) is 5.68. The molecule has 6 heteroatoms. The minimum Gasteiger partial charge on any atom is -0.468 e. The number of methoxy groups -OCH3 is 1. The number of furan rings is 1. The first kappa shape index (κ1) is 26.2. The second kappa shape index (κ2) is 12.4. The second-order valence-electron chi connectivity index (χ2n) is 9.36. The zero-order valence-electron chi connectivity index (χ0n) is 21.2. The molecule has 0 bridgehead atoms. The van der Waals surface area contributed by atoms with Gasteiger partial charge in [-0.1, -0.05) is 61.4 Å². The third-order valence-corrected chi connectivity index (χ3v) is 5.68. The van der Waals surface area contributed by atoms with Crippen LogP contribution in [0.15, 0.2) is 65.1 Å². The summed E-state index contributed by atoms with van der Waals surface area (Å²) in [6, 6.07) is 18.1. The van der Waals surface area contributed by atoms with Crippen LogP contribution >= 0.6 is 0 Å². The molecule has 0 saturated heterocycles. The molecule has 3 rings (SSSR count). The van der Waals surface area contributed by atoms with E-state index in [4.69, 9.17) is 13.9 Å². The van der Waals surface area contributed by atoms with Crippen molar-refractivity contribution in [3.63, 3.8) is 0 Å². The fraction of sp³-hybridized carbons (Fsp3) is 0.379. The van der Waals surface area contributed by atoms with Gasteiger partial charge in [0.25, 0.3) is 0 Å². The zero-order valence-corrected chi connectivity index (χ0v) is 21.2. The number of hydrogen-bond donors (Lipinski definition) is 1. The molecule has 1 heterocycles. The minimum atomic E-state index is -0.758. The maximum atomic E-state index is 12.9. The second-order valence-corrected chi connectivity index (χ2v) is 9.36. The Morgan fingerprint density at radius 3 is 2.23 bits per heavy atom. The molecule has 35 heavy (non-hydrogen) atoms. The molecule has 0 fully saturated rings. The smallest absolute Gasteiger partial charge is 0.323 e. The van der Waals surface area contributed by atoms with E-state index in [0.717, 1.165) is 28.0 Å². The number of carbonyl (C=O) groups excluding carboxylic acids is 2. The molecule has 0 radical (unpaired) electrons. The summed E-state index contributed by atoms with van der Waals surface area (Å²) in [5.74, 6) is 0.722. The lowest BCUT2D eigenvalue weighted by Gasteiger charge is -2.24. The summed E-state index contributed by atoms with van der Waals surface area (Å²) in [5, 5.41) is 3.18. The van der Waals surface area contributed by atoms with E-state index in [1.807, 2.05) is 70.2 Å². The predicted octanol–water partition coefficient (Wildman–Crippen LogP) is 5.40. The molecular weight excluding hydrogens is 442 g/mol.